The van der Waals surface area contributed by atoms with Crippen LogP contribution in [0.2, 0.25) is 0 Å². The first-order valence-corrected chi connectivity index (χ1v) is 9.54. The standard InChI is InChI=1S/C18H27NO4S/c1-13(14-9-7-6-8-10-14)19-16(20)11-15(12-17(21)22)23-24(5)18(2,3)4/h6-10,13,15H,11-12H2,1-5H3,(H-,19,20,21,22)/p+1/t13-,15-,24?/m0/s1. The average molecular weight is 354 g/mol. The van der Waals surface area contributed by atoms with Gasteiger partial charge in [-0.05, 0) is 33.3 Å². The van der Waals surface area contributed by atoms with Crippen LogP contribution < -0.4 is 5.32 Å². The van der Waals surface area contributed by atoms with Gasteiger partial charge in [0, 0.05) is 0 Å². The maximum atomic E-state index is 12.3. The van der Waals surface area contributed by atoms with Crippen LogP contribution in [0.4, 0.5) is 0 Å². The van der Waals surface area contributed by atoms with Gasteiger partial charge >= 0.3 is 5.97 Å². The summed E-state index contributed by atoms with van der Waals surface area (Å²) in [5, 5.41) is 12.0. The molecule has 0 aliphatic carbocycles. The second kappa shape index (κ2) is 9.08. The summed E-state index contributed by atoms with van der Waals surface area (Å²) in [5.74, 6) is -1.17. The first kappa shape index (κ1) is 20.5. The summed E-state index contributed by atoms with van der Waals surface area (Å²) in [5.41, 5.74) is 1.01. The molecule has 1 rings (SSSR count). The van der Waals surface area contributed by atoms with Gasteiger partial charge in [0.15, 0.2) is 4.75 Å². The molecule has 134 valence electrons. The third-order valence-corrected chi connectivity index (χ3v) is 5.92. The van der Waals surface area contributed by atoms with Crippen LogP contribution in [-0.4, -0.2) is 34.1 Å². The highest BCUT2D eigenvalue weighted by Gasteiger charge is 2.36. The number of carbonyl (C=O) groups excluding carboxylic acids is 1. The average Bonchev–Trinajstić information content (AvgIpc) is 2.46. The summed E-state index contributed by atoms with van der Waals surface area (Å²) in [6, 6.07) is 9.51. The van der Waals surface area contributed by atoms with Crippen LogP contribution in [0.3, 0.4) is 0 Å². The second-order valence-corrected chi connectivity index (χ2v) is 9.11. The molecular weight excluding hydrogens is 326 g/mol. The molecule has 6 heteroatoms. The van der Waals surface area contributed by atoms with Crippen LogP contribution in [0.1, 0.15) is 52.1 Å². The van der Waals surface area contributed by atoms with Crippen molar-refractivity contribution in [1.82, 2.24) is 5.32 Å². The number of carbonyl (C=O) groups is 2. The first-order chi connectivity index (χ1) is 11.1. The smallest absolute Gasteiger partial charge is 0.306 e. The normalized spacial score (nSPS) is 15.4. The van der Waals surface area contributed by atoms with Crippen LogP contribution in [0.5, 0.6) is 0 Å². The largest absolute Gasteiger partial charge is 0.481 e. The van der Waals surface area contributed by atoms with Crippen molar-refractivity contribution in [3.63, 3.8) is 0 Å². The van der Waals surface area contributed by atoms with E-state index in [0.717, 1.165) is 5.56 Å². The van der Waals surface area contributed by atoms with E-state index < -0.39 is 23.2 Å². The predicted octanol–water partition coefficient (Wildman–Crippen LogP) is 3.08. The minimum atomic E-state index is -0.963. The van der Waals surface area contributed by atoms with E-state index in [2.05, 4.69) is 5.32 Å². The Bertz CT molecular complexity index is 542. The number of rotatable bonds is 8. The molecule has 1 amide bonds. The minimum Gasteiger partial charge on any atom is -0.481 e. The number of hydrogen-bond donors (Lipinski definition) is 2. The van der Waals surface area contributed by atoms with E-state index >= 15 is 0 Å². The quantitative estimate of drug-likeness (QED) is 0.704. The lowest BCUT2D eigenvalue weighted by Gasteiger charge is -2.21. The first-order valence-electron chi connectivity index (χ1n) is 7.99. The highest BCUT2D eigenvalue weighted by molar-refractivity contribution is 7.93. The van der Waals surface area contributed by atoms with E-state index in [9.17, 15) is 9.59 Å². The second-order valence-electron chi connectivity index (χ2n) is 6.79. The molecule has 0 saturated carbocycles. The summed E-state index contributed by atoms with van der Waals surface area (Å²) < 4.78 is 5.78. The maximum absolute atomic E-state index is 12.3. The Kier molecular flexibility index (Phi) is 7.76. The van der Waals surface area contributed by atoms with Crippen molar-refractivity contribution >= 4 is 23.1 Å². The van der Waals surface area contributed by atoms with Crippen LogP contribution in [0.25, 0.3) is 0 Å². The number of hydrogen-bond acceptors (Lipinski definition) is 3. The number of nitrogens with one attached hydrogen (secondary N) is 1. The zero-order chi connectivity index (χ0) is 18.3. The van der Waals surface area contributed by atoms with Crippen molar-refractivity contribution in [2.24, 2.45) is 0 Å². The van der Waals surface area contributed by atoms with E-state index in [-0.39, 0.29) is 29.5 Å². The lowest BCUT2D eigenvalue weighted by atomic mass is 10.1. The zero-order valence-electron chi connectivity index (χ0n) is 15.0. The molecule has 0 fully saturated rings. The van der Waals surface area contributed by atoms with Gasteiger partial charge in [0.2, 0.25) is 5.91 Å². The molecule has 1 unspecified atom stereocenters. The molecule has 0 heterocycles. The Labute approximate surface area is 147 Å². The molecule has 1 aromatic rings. The zero-order valence-corrected chi connectivity index (χ0v) is 15.9. The lowest BCUT2D eigenvalue weighted by molar-refractivity contribution is -0.139. The van der Waals surface area contributed by atoms with Crippen molar-refractivity contribution in [2.45, 2.75) is 57.4 Å². The Balaban J connectivity index is 2.65. The monoisotopic (exact) mass is 354 g/mol. The van der Waals surface area contributed by atoms with Crippen LogP contribution >= 0.6 is 0 Å². The molecule has 3 atom stereocenters. The summed E-state index contributed by atoms with van der Waals surface area (Å²) >= 11 is -0.442. The fourth-order valence-corrected chi connectivity index (χ4v) is 2.85. The third-order valence-electron chi connectivity index (χ3n) is 3.64. The van der Waals surface area contributed by atoms with Gasteiger partial charge in [-0.1, -0.05) is 30.3 Å². The molecule has 2 N–H and O–H groups in total. The predicted molar refractivity (Wildman–Crippen MR) is 97.8 cm³/mol. The van der Waals surface area contributed by atoms with Gasteiger partial charge in [-0.3, -0.25) is 9.59 Å². The van der Waals surface area contributed by atoms with E-state index in [4.69, 9.17) is 9.29 Å². The summed E-state index contributed by atoms with van der Waals surface area (Å²) in [4.78, 5) is 23.3. The van der Waals surface area contributed by atoms with Crippen molar-refractivity contribution in [3.05, 3.63) is 35.9 Å². The number of carboxylic acid groups (broad SMARTS) is 1. The molecule has 0 spiro atoms. The highest BCUT2D eigenvalue weighted by atomic mass is 32.2. The Morgan fingerprint density at radius 1 is 1.21 bits per heavy atom. The molecule has 0 saturated heterocycles. The Morgan fingerprint density at radius 3 is 2.29 bits per heavy atom. The Morgan fingerprint density at radius 2 is 1.79 bits per heavy atom. The van der Waals surface area contributed by atoms with Gasteiger partial charge in [-0.15, -0.1) is 0 Å². The number of benzene rings is 1. The van der Waals surface area contributed by atoms with Crippen LogP contribution in [-0.2, 0) is 24.9 Å². The van der Waals surface area contributed by atoms with Gasteiger partial charge in [-0.2, -0.15) is 4.18 Å². The van der Waals surface area contributed by atoms with Crippen molar-refractivity contribution < 1.29 is 18.9 Å². The summed E-state index contributed by atoms with van der Waals surface area (Å²) in [6.45, 7) is 8.00. The molecule has 1 aromatic carbocycles. The topological polar surface area (TPSA) is 75.6 Å². The number of amides is 1. The van der Waals surface area contributed by atoms with Crippen molar-refractivity contribution in [3.8, 4) is 0 Å². The van der Waals surface area contributed by atoms with E-state index in [0.29, 0.717) is 0 Å². The SMILES string of the molecule is C[C@H](NC(=O)C[C@@H](CC(=O)O)O[S+](C)C(C)(C)C)c1ccccc1. The van der Waals surface area contributed by atoms with Gasteiger partial charge in [-0.25, -0.2) is 0 Å². The van der Waals surface area contributed by atoms with Gasteiger partial charge in [0.05, 0.1) is 18.9 Å². The molecule has 24 heavy (non-hydrogen) atoms. The van der Waals surface area contributed by atoms with E-state index in [1.807, 2.05) is 64.3 Å². The lowest BCUT2D eigenvalue weighted by Crippen LogP contribution is -2.37. The molecule has 0 radical (unpaired) electrons. The van der Waals surface area contributed by atoms with Crippen molar-refractivity contribution in [2.75, 3.05) is 6.26 Å². The maximum Gasteiger partial charge on any atom is 0.306 e. The van der Waals surface area contributed by atoms with Gasteiger partial charge in [0.1, 0.15) is 23.5 Å². The fourth-order valence-electron chi connectivity index (χ4n) is 2.02. The van der Waals surface area contributed by atoms with E-state index in [1.54, 1.807) is 0 Å². The van der Waals surface area contributed by atoms with Crippen molar-refractivity contribution in [1.29, 1.82) is 0 Å². The van der Waals surface area contributed by atoms with Gasteiger partial charge < -0.3 is 10.4 Å². The highest BCUT2D eigenvalue weighted by Crippen LogP contribution is 2.22. The molecule has 0 aromatic heterocycles. The molecule has 0 aliphatic rings. The van der Waals surface area contributed by atoms with Crippen LogP contribution in [0, 0.1) is 0 Å². The molecule has 5 nitrogen and oxygen atoms in total. The summed E-state index contributed by atoms with van der Waals surface area (Å²) in [7, 11) is 0. The minimum absolute atomic E-state index is 0.0386. The number of carboxylic acids is 1. The van der Waals surface area contributed by atoms with Gasteiger partial charge in [0.25, 0.3) is 0 Å². The van der Waals surface area contributed by atoms with Crippen LogP contribution in [0.15, 0.2) is 30.3 Å². The molecule has 0 aliphatic heterocycles. The van der Waals surface area contributed by atoms with E-state index in [1.165, 1.54) is 0 Å². The molecular formula is C18H28NO4S+. The Hall–Kier alpha value is -1.53. The third kappa shape index (κ3) is 7.36. The number of aliphatic carboxylic acids is 1. The fraction of sp³-hybridized carbons (Fsp3) is 0.556. The summed E-state index contributed by atoms with van der Waals surface area (Å²) in [6.07, 6.45) is 1.16. The molecule has 0 bridgehead atoms.